The van der Waals surface area contributed by atoms with Gasteiger partial charge in [0, 0.05) is 13.1 Å². The molecule has 1 unspecified atom stereocenters. The number of aliphatic hydroxyl groups excluding tert-OH is 1. The van der Waals surface area contributed by atoms with Crippen molar-refractivity contribution in [3.05, 3.63) is 0 Å². The van der Waals surface area contributed by atoms with Crippen LogP contribution < -0.4 is 5.32 Å². The molecule has 108 valence electrons. The second-order valence-corrected chi connectivity index (χ2v) is 3.89. The van der Waals surface area contributed by atoms with Gasteiger partial charge in [-0.3, -0.25) is 14.5 Å². The minimum atomic E-state index is -0.882. The number of rotatable bonds is 8. The van der Waals surface area contributed by atoms with Crippen molar-refractivity contribution in [2.75, 3.05) is 27.2 Å². The first-order valence-corrected chi connectivity index (χ1v) is 5.80. The minimum absolute atomic E-state index is 0.0274. The van der Waals surface area contributed by atoms with Crippen LogP contribution in [0, 0.1) is 0 Å². The van der Waals surface area contributed by atoms with Crippen LogP contribution in [0.3, 0.4) is 0 Å². The van der Waals surface area contributed by atoms with Crippen molar-refractivity contribution in [1.29, 1.82) is 0 Å². The van der Waals surface area contributed by atoms with Crippen LogP contribution in [0.4, 0.5) is 0 Å². The predicted molar refractivity (Wildman–Crippen MR) is 67.4 cm³/mol. The Kier molecular flexibility index (Phi) is 13.1. The highest BCUT2D eigenvalue weighted by Crippen LogP contribution is 1.90. The number of carboxylic acids is 2. The Morgan fingerprint density at radius 2 is 1.50 bits per heavy atom. The summed E-state index contributed by atoms with van der Waals surface area (Å²) in [4.78, 5) is 21.7. The van der Waals surface area contributed by atoms with Crippen molar-refractivity contribution in [2.24, 2.45) is 0 Å². The summed E-state index contributed by atoms with van der Waals surface area (Å²) in [5, 5.41) is 27.9. The maximum atomic E-state index is 9.94. The summed E-state index contributed by atoms with van der Waals surface area (Å²) < 4.78 is 0. The summed E-state index contributed by atoms with van der Waals surface area (Å²) in [6.07, 6.45) is 0.590. The first-order chi connectivity index (χ1) is 8.31. The number of nitrogens with zero attached hydrogens (tertiary/aromatic N) is 1. The van der Waals surface area contributed by atoms with E-state index in [1.54, 1.807) is 4.90 Å². The van der Waals surface area contributed by atoms with Gasteiger partial charge in [-0.2, -0.15) is 0 Å². The second-order valence-electron chi connectivity index (χ2n) is 3.89. The van der Waals surface area contributed by atoms with Crippen molar-refractivity contribution < 1.29 is 24.9 Å². The Hall–Kier alpha value is -1.18. The Bertz CT molecular complexity index is 217. The van der Waals surface area contributed by atoms with Gasteiger partial charge < -0.3 is 20.6 Å². The maximum Gasteiger partial charge on any atom is 0.304 e. The summed E-state index contributed by atoms with van der Waals surface area (Å²) in [6.45, 7) is 2.59. The molecular formula is C11H24N2O5. The topological polar surface area (TPSA) is 110 Å². The molecule has 0 aliphatic heterocycles. The van der Waals surface area contributed by atoms with Crippen molar-refractivity contribution in [3.63, 3.8) is 0 Å². The van der Waals surface area contributed by atoms with E-state index in [1.165, 1.54) is 0 Å². The van der Waals surface area contributed by atoms with Gasteiger partial charge in [0.1, 0.15) is 6.23 Å². The molecule has 0 saturated carbocycles. The average molecular weight is 264 g/mol. The van der Waals surface area contributed by atoms with E-state index in [-0.39, 0.29) is 19.1 Å². The van der Waals surface area contributed by atoms with Gasteiger partial charge in [0.05, 0.1) is 12.8 Å². The Morgan fingerprint density at radius 3 is 1.67 bits per heavy atom. The van der Waals surface area contributed by atoms with Gasteiger partial charge in [-0.15, -0.1) is 0 Å². The van der Waals surface area contributed by atoms with Crippen molar-refractivity contribution >= 4 is 11.9 Å². The molecule has 0 fully saturated rings. The number of hydrogen-bond acceptors (Lipinski definition) is 5. The van der Waals surface area contributed by atoms with Gasteiger partial charge in [0.25, 0.3) is 0 Å². The van der Waals surface area contributed by atoms with Crippen LogP contribution in [0.25, 0.3) is 0 Å². The summed E-state index contributed by atoms with van der Waals surface area (Å²) in [5.74, 6) is -1.76. The largest absolute Gasteiger partial charge is 0.481 e. The zero-order chi connectivity index (χ0) is 14.6. The van der Waals surface area contributed by atoms with Crippen LogP contribution in [-0.4, -0.2) is 65.6 Å². The fraction of sp³-hybridized carbons (Fsp3) is 0.818. The van der Waals surface area contributed by atoms with Crippen LogP contribution >= 0.6 is 0 Å². The zero-order valence-electron chi connectivity index (χ0n) is 11.2. The lowest BCUT2D eigenvalue weighted by atomic mass is 10.4. The fourth-order valence-corrected chi connectivity index (χ4v) is 0.881. The molecule has 1 atom stereocenters. The van der Waals surface area contributed by atoms with Crippen LogP contribution in [0.2, 0.25) is 0 Å². The molecular weight excluding hydrogens is 240 g/mol. The van der Waals surface area contributed by atoms with Gasteiger partial charge in [-0.25, -0.2) is 0 Å². The van der Waals surface area contributed by atoms with E-state index in [2.05, 4.69) is 5.32 Å². The van der Waals surface area contributed by atoms with E-state index < -0.39 is 11.9 Å². The third-order valence-electron chi connectivity index (χ3n) is 1.99. The second kappa shape index (κ2) is 12.3. The number of carbonyl (C=O) groups is 2. The third-order valence-corrected chi connectivity index (χ3v) is 1.99. The van der Waals surface area contributed by atoms with Gasteiger partial charge in [0.15, 0.2) is 0 Å². The van der Waals surface area contributed by atoms with E-state index in [9.17, 15) is 9.59 Å². The number of carboxylic acid groups (broad SMARTS) is 2. The SMILES string of the molecule is CCC(O)N(C)C.O=C(O)CCNCCC(=O)O. The van der Waals surface area contributed by atoms with E-state index >= 15 is 0 Å². The minimum Gasteiger partial charge on any atom is -0.481 e. The highest BCUT2D eigenvalue weighted by molar-refractivity contribution is 5.67. The lowest BCUT2D eigenvalue weighted by Gasteiger charge is -2.15. The molecule has 0 spiro atoms. The predicted octanol–water partition coefficient (Wildman–Crippen LogP) is -0.198. The van der Waals surface area contributed by atoms with E-state index in [0.717, 1.165) is 6.42 Å². The smallest absolute Gasteiger partial charge is 0.304 e. The standard InChI is InChI=1S/C6H11NO4.C5H13NO/c8-5(9)1-3-7-4-2-6(10)11;1-4-5(7)6(2)3/h7H,1-4H2,(H,8,9)(H,10,11);5,7H,4H2,1-3H3. The molecule has 0 aliphatic rings. The Balaban J connectivity index is 0. The normalized spacial score (nSPS) is 11.6. The average Bonchev–Trinajstić information content (AvgIpc) is 2.27. The molecule has 0 amide bonds. The Labute approximate surface area is 107 Å². The van der Waals surface area contributed by atoms with Crippen LogP contribution in [0.1, 0.15) is 26.2 Å². The quantitative estimate of drug-likeness (QED) is 0.355. The number of nitrogens with one attached hydrogen (secondary N) is 1. The van der Waals surface area contributed by atoms with Crippen molar-refractivity contribution in [3.8, 4) is 0 Å². The van der Waals surface area contributed by atoms with Crippen LogP contribution in [0.5, 0.6) is 0 Å². The van der Waals surface area contributed by atoms with Gasteiger partial charge in [0.2, 0.25) is 0 Å². The van der Waals surface area contributed by atoms with Crippen LogP contribution in [0.15, 0.2) is 0 Å². The van der Waals surface area contributed by atoms with E-state index in [1.807, 2.05) is 21.0 Å². The summed E-state index contributed by atoms with van der Waals surface area (Å²) >= 11 is 0. The third kappa shape index (κ3) is 17.2. The van der Waals surface area contributed by atoms with Gasteiger partial charge in [-0.05, 0) is 20.5 Å². The van der Waals surface area contributed by atoms with Gasteiger partial charge >= 0.3 is 11.9 Å². The fourth-order valence-electron chi connectivity index (χ4n) is 0.881. The summed E-state index contributed by atoms with van der Waals surface area (Å²) in [6, 6.07) is 0. The zero-order valence-corrected chi connectivity index (χ0v) is 11.2. The highest BCUT2D eigenvalue weighted by Gasteiger charge is 1.99. The monoisotopic (exact) mass is 264 g/mol. The molecule has 0 aliphatic carbocycles. The molecule has 0 rings (SSSR count). The molecule has 4 N–H and O–H groups in total. The van der Waals surface area contributed by atoms with E-state index in [0.29, 0.717) is 13.1 Å². The molecule has 0 saturated heterocycles. The van der Waals surface area contributed by atoms with Crippen molar-refractivity contribution in [1.82, 2.24) is 10.2 Å². The molecule has 0 heterocycles. The Morgan fingerprint density at radius 1 is 1.11 bits per heavy atom. The summed E-state index contributed by atoms with van der Waals surface area (Å²) in [7, 11) is 3.71. The molecule has 0 bridgehead atoms. The first-order valence-electron chi connectivity index (χ1n) is 5.80. The molecule has 7 nitrogen and oxygen atoms in total. The molecule has 0 aromatic heterocycles. The first kappa shape index (κ1) is 19.2. The van der Waals surface area contributed by atoms with Crippen LogP contribution in [-0.2, 0) is 9.59 Å². The van der Waals surface area contributed by atoms with E-state index in [4.69, 9.17) is 15.3 Å². The number of hydrogen-bond donors (Lipinski definition) is 4. The molecule has 0 aromatic rings. The number of aliphatic carboxylic acids is 2. The summed E-state index contributed by atoms with van der Waals surface area (Å²) in [5.41, 5.74) is 0. The van der Waals surface area contributed by atoms with Crippen molar-refractivity contribution in [2.45, 2.75) is 32.4 Å². The molecule has 0 radical (unpaired) electrons. The highest BCUT2D eigenvalue weighted by atomic mass is 16.4. The lowest BCUT2D eigenvalue weighted by Crippen LogP contribution is -2.26. The number of aliphatic hydroxyl groups is 1. The molecule has 7 heteroatoms. The molecule has 18 heavy (non-hydrogen) atoms. The molecule has 0 aromatic carbocycles. The lowest BCUT2D eigenvalue weighted by molar-refractivity contribution is -0.137. The van der Waals surface area contributed by atoms with Gasteiger partial charge in [-0.1, -0.05) is 6.92 Å². The maximum absolute atomic E-state index is 9.94.